The maximum absolute atomic E-state index is 12.6. The lowest BCUT2D eigenvalue weighted by molar-refractivity contribution is 0.335. The Balaban J connectivity index is 2.55. The SMILES string of the molecule is COc1cccc2c1S(=O)C(C)C(C)C2NC(C)C. The van der Waals surface area contributed by atoms with Gasteiger partial charge in [0, 0.05) is 17.3 Å². The molecule has 0 spiro atoms. The third-order valence-corrected chi connectivity index (χ3v) is 5.83. The summed E-state index contributed by atoms with van der Waals surface area (Å²) >= 11 is 0. The van der Waals surface area contributed by atoms with Crippen LogP contribution in [-0.2, 0) is 10.8 Å². The number of hydrogen-bond acceptors (Lipinski definition) is 3. The average Bonchev–Trinajstić information content (AvgIpc) is 2.40. The lowest BCUT2D eigenvalue weighted by Crippen LogP contribution is -2.41. The fourth-order valence-corrected chi connectivity index (χ4v) is 4.39. The number of fused-ring (bicyclic) bond motifs is 1. The highest BCUT2D eigenvalue weighted by molar-refractivity contribution is 7.86. The molecule has 0 bridgehead atoms. The standard InChI is InChI=1S/C15H23NO2S/c1-9(2)16-14-10(3)11(4)19(17)15-12(14)7-6-8-13(15)18-5/h6-11,14,16H,1-5H3. The van der Waals surface area contributed by atoms with Crippen LogP contribution in [0.25, 0.3) is 0 Å². The monoisotopic (exact) mass is 281 g/mol. The largest absolute Gasteiger partial charge is 0.495 e. The van der Waals surface area contributed by atoms with Gasteiger partial charge in [0.1, 0.15) is 5.75 Å². The molecule has 4 unspecified atom stereocenters. The zero-order valence-electron chi connectivity index (χ0n) is 12.3. The second-order valence-corrected chi connectivity index (χ2v) is 7.29. The first-order valence-electron chi connectivity index (χ1n) is 6.80. The minimum absolute atomic E-state index is 0.125. The topological polar surface area (TPSA) is 38.3 Å². The van der Waals surface area contributed by atoms with Gasteiger partial charge in [-0.1, -0.05) is 39.8 Å². The fraction of sp³-hybridized carbons (Fsp3) is 0.600. The van der Waals surface area contributed by atoms with Crippen molar-refractivity contribution in [2.45, 2.75) is 49.9 Å². The molecule has 4 heteroatoms. The van der Waals surface area contributed by atoms with Crippen LogP contribution >= 0.6 is 0 Å². The van der Waals surface area contributed by atoms with Gasteiger partial charge in [0.15, 0.2) is 0 Å². The maximum Gasteiger partial charge on any atom is 0.135 e. The Morgan fingerprint density at radius 2 is 2.00 bits per heavy atom. The molecule has 0 saturated carbocycles. The van der Waals surface area contributed by atoms with E-state index in [4.69, 9.17) is 4.74 Å². The summed E-state index contributed by atoms with van der Waals surface area (Å²) in [5.41, 5.74) is 1.12. The van der Waals surface area contributed by atoms with Crippen molar-refractivity contribution in [3.63, 3.8) is 0 Å². The molecule has 1 aliphatic heterocycles. The molecule has 1 aromatic rings. The van der Waals surface area contributed by atoms with Gasteiger partial charge >= 0.3 is 0 Å². The van der Waals surface area contributed by atoms with E-state index in [-0.39, 0.29) is 11.3 Å². The molecule has 0 aromatic heterocycles. The summed E-state index contributed by atoms with van der Waals surface area (Å²) in [7, 11) is 0.637. The highest BCUT2D eigenvalue weighted by Crippen LogP contribution is 2.42. The highest BCUT2D eigenvalue weighted by Gasteiger charge is 2.38. The quantitative estimate of drug-likeness (QED) is 0.926. The zero-order valence-corrected chi connectivity index (χ0v) is 13.1. The van der Waals surface area contributed by atoms with Gasteiger partial charge in [-0.15, -0.1) is 0 Å². The Bertz CT molecular complexity index is 487. The van der Waals surface area contributed by atoms with Crippen LogP contribution in [0.15, 0.2) is 23.1 Å². The van der Waals surface area contributed by atoms with Gasteiger partial charge in [-0.25, -0.2) is 0 Å². The first kappa shape index (κ1) is 14.5. The second-order valence-electron chi connectivity index (χ2n) is 5.54. The van der Waals surface area contributed by atoms with Crippen LogP contribution in [0, 0.1) is 5.92 Å². The molecule has 0 radical (unpaired) electrons. The summed E-state index contributed by atoms with van der Waals surface area (Å²) in [5, 5.41) is 3.72. The first-order chi connectivity index (χ1) is 8.97. The van der Waals surface area contributed by atoms with E-state index in [1.54, 1.807) is 7.11 Å². The van der Waals surface area contributed by atoms with Crippen molar-refractivity contribution in [1.82, 2.24) is 5.32 Å². The van der Waals surface area contributed by atoms with Crippen molar-refractivity contribution in [3.8, 4) is 5.75 Å². The summed E-state index contributed by atoms with van der Waals surface area (Å²) in [4.78, 5) is 0.869. The number of rotatable bonds is 3. The Labute approximate surface area is 118 Å². The van der Waals surface area contributed by atoms with Crippen molar-refractivity contribution in [1.29, 1.82) is 0 Å². The Kier molecular flexibility index (Phi) is 4.31. The fourth-order valence-electron chi connectivity index (χ4n) is 2.69. The van der Waals surface area contributed by atoms with Crippen molar-refractivity contribution in [2.24, 2.45) is 5.92 Å². The number of benzene rings is 1. The molecule has 0 amide bonds. The first-order valence-corrected chi connectivity index (χ1v) is 8.02. The van der Waals surface area contributed by atoms with Crippen LogP contribution in [0.1, 0.15) is 39.3 Å². The number of ether oxygens (including phenoxy) is 1. The Morgan fingerprint density at radius 3 is 2.58 bits per heavy atom. The summed E-state index contributed by atoms with van der Waals surface area (Å²) < 4.78 is 18.0. The van der Waals surface area contributed by atoms with Crippen molar-refractivity contribution < 1.29 is 8.95 Å². The molecule has 3 nitrogen and oxygen atoms in total. The minimum Gasteiger partial charge on any atom is -0.495 e. The summed E-state index contributed by atoms with van der Waals surface area (Å²) in [6, 6.07) is 6.57. The summed E-state index contributed by atoms with van der Waals surface area (Å²) in [6.07, 6.45) is 0. The predicted octanol–water partition coefficient (Wildman–Crippen LogP) is 2.88. The van der Waals surface area contributed by atoms with Crippen LogP contribution in [0.3, 0.4) is 0 Å². The van der Waals surface area contributed by atoms with E-state index < -0.39 is 10.8 Å². The van der Waals surface area contributed by atoms with Crippen LogP contribution < -0.4 is 10.1 Å². The third-order valence-electron chi connectivity index (χ3n) is 3.88. The van der Waals surface area contributed by atoms with Crippen molar-refractivity contribution in [3.05, 3.63) is 23.8 Å². The van der Waals surface area contributed by atoms with Gasteiger partial charge in [-0.2, -0.15) is 0 Å². The van der Waals surface area contributed by atoms with E-state index in [1.807, 2.05) is 12.1 Å². The van der Waals surface area contributed by atoms with Crippen LogP contribution in [0.2, 0.25) is 0 Å². The Hall–Kier alpha value is -0.870. The molecule has 4 atom stereocenters. The molecule has 0 fully saturated rings. The molecule has 1 aromatic carbocycles. The predicted molar refractivity (Wildman–Crippen MR) is 79.0 cm³/mol. The molecular formula is C15H23NO2S. The molecule has 2 rings (SSSR count). The minimum atomic E-state index is -1.00. The summed E-state index contributed by atoms with van der Waals surface area (Å²) in [5.74, 6) is 1.08. The molecule has 1 aliphatic rings. The number of hydrogen-bond donors (Lipinski definition) is 1. The van der Waals surface area contributed by atoms with Crippen LogP contribution in [-0.4, -0.2) is 22.6 Å². The molecule has 1 heterocycles. The van der Waals surface area contributed by atoms with Gasteiger partial charge in [0.25, 0.3) is 0 Å². The van der Waals surface area contributed by atoms with Gasteiger partial charge in [-0.05, 0) is 17.5 Å². The summed E-state index contributed by atoms with van der Waals surface area (Å²) in [6.45, 7) is 8.52. The van der Waals surface area contributed by atoms with E-state index in [9.17, 15) is 4.21 Å². The van der Waals surface area contributed by atoms with Gasteiger partial charge in [0.2, 0.25) is 0 Å². The van der Waals surface area contributed by atoms with Gasteiger partial charge in [0.05, 0.1) is 22.8 Å². The molecule has 0 saturated heterocycles. The molecule has 106 valence electrons. The average molecular weight is 281 g/mol. The van der Waals surface area contributed by atoms with E-state index in [2.05, 4.69) is 39.1 Å². The highest BCUT2D eigenvalue weighted by atomic mass is 32.2. The van der Waals surface area contributed by atoms with Crippen LogP contribution in [0.5, 0.6) is 5.75 Å². The smallest absolute Gasteiger partial charge is 0.135 e. The van der Waals surface area contributed by atoms with Gasteiger partial charge in [-0.3, -0.25) is 4.21 Å². The maximum atomic E-state index is 12.6. The number of methoxy groups -OCH3 is 1. The molecule has 1 N–H and O–H groups in total. The van der Waals surface area contributed by atoms with Gasteiger partial charge < -0.3 is 10.1 Å². The Morgan fingerprint density at radius 1 is 1.32 bits per heavy atom. The van der Waals surface area contributed by atoms with E-state index >= 15 is 0 Å². The normalized spacial score (nSPS) is 30.2. The van der Waals surface area contributed by atoms with E-state index in [1.165, 1.54) is 0 Å². The molecule has 0 aliphatic carbocycles. The van der Waals surface area contributed by atoms with E-state index in [0.717, 1.165) is 16.2 Å². The zero-order chi connectivity index (χ0) is 14.2. The second kappa shape index (κ2) is 5.63. The van der Waals surface area contributed by atoms with Crippen molar-refractivity contribution in [2.75, 3.05) is 7.11 Å². The molecule has 19 heavy (non-hydrogen) atoms. The van der Waals surface area contributed by atoms with Crippen molar-refractivity contribution >= 4 is 10.8 Å². The molecular weight excluding hydrogens is 258 g/mol. The third kappa shape index (κ3) is 2.56. The van der Waals surface area contributed by atoms with E-state index in [0.29, 0.717) is 12.0 Å². The lowest BCUT2D eigenvalue weighted by Gasteiger charge is -2.37. The number of nitrogens with one attached hydrogen (secondary N) is 1. The lowest BCUT2D eigenvalue weighted by atomic mass is 9.90. The van der Waals surface area contributed by atoms with Crippen LogP contribution in [0.4, 0.5) is 0 Å².